The average molecular weight is 130 g/mol. The first-order valence-corrected chi connectivity index (χ1v) is 3.37. The molecule has 4 N–H and O–H groups in total. The molecule has 0 radical (unpaired) electrons. The van der Waals surface area contributed by atoms with Crippen LogP contribution < -0.4 is 11.1 Å². The quantitative estimate of drug-likeness (QED) is 0.438. The van der Waals surface area contributed by atoms with E-state index in [0.717, 1.165) is 13.0 Å². The van der Waals surface area contributed by atoms with E-state index in [4.69, 9.17) is 10.8 Å². The number of hydrogen-bond acceptors (Lipinski definition) is 3. The molecule has 1 unspecified atom stereocenters. The molecule has 3 heteroatoms. The van der Waals surface area contributed by atoms with Crippen molar-refractivity contribution in [1.29, 1.82) is 0 Å². The highest BCUT2D eigenvalue weighted by atomic mass is 16.3. The maximum atomic E-state index is 8.98. The molecule has 1 fully saturated rings. The average Bonchev–Trinajstić information content (AvgIpc) is 2.14. The Morgan fingerprint density at radius 3 is 2.67 bits per heavy atom. The summed E-state index contributed by atoms with van der Waals surface area (Å²) in [6, 6.07) is 0.203. The molecule has 1 aliphatic heterocycles. The van der Waals surface area contributed by atoms with Crippen LogP contribution in [0.25, 0.3) is 0 Å². The summed E-state index contributed by atoms with van der Waals surface area (Å²) in [4.78, 5) is 0. The van der Waals surface area contributed by atoms with Crippen LogP contribution in [0.15, 0.2) is 0 Å². The molecule has 1 saturated heterocycles. The van der Waals surface area contributed by atoms with Gasteiger partial charge in [0.2, 0.25) is 0 Å². The highest BCUT2D eigenvalue weighted by molar-refractivity contribution is 4.79. The molecule has 0 amide bonds. The SMILES string of the molecule is C[C@@H](N)[C@H]1CNC(O)C1. The van der Waals surface area contributed by atoms with Crippen molar-refractivity contribution in [1.82, 2.24) is 5.32 Å². The number of aliphatic hydroxyl groups excluding tert-OH is 1. The molecule has 0 bridgehead atoms. The van der Waals surface area contributed by atoms with Crippen LogP contribution in [0.2, 0.25) is 0 Å². The molecule has 1 aliphatic rings. The largest absolute Gasteiger partial charge is 0.379 e. The maximum Gasteiger partial charge on any atom is 0.105 e. The molecule has 3 atom stereocenters. The minimum Gasteiger partial charge on any atom is -0.379 e. The predicted octanol–water partition coefficient (Wildman–Crippen LogP) is -0.738. The lowest BCUT2D eigenvalue weighted by Gasteiger charge is -2.11. The van der Waals surface area contributed by atoms with Crippen LogP contribution in [-0.2, 0) is 0 Å². The second-order valence-corrected chi connectivity index (χ2v) is 2.78. The van der Waals surface area contributed by atoms with Gasteiger partial charge >= 0.3 is 0 Å². The van der Waals surface area contributed by atoms with E-state index in [1.165, 1.54) is 0 Å². The van der Waals surface area contributed by atoms with Crippen LogP contribution >= 0.6 is 0 Å². The highest BCUT2D eigenvalue weighted by Gasteiger charge is 2.24. The summed E-state index contributed by atoms with van der Waals surface area (Å²) in [6.07, 6.45) is 0.485. The molecule has 0 saturated carbocycles. The van der Waals surface area contributed by atoms with Gasteiger partial charge in [0.25, 0.3) is 0 Å². The van der Waals surface area contributed by atoms with Gasteiger partial charge in [0.15, 0.2) is 0 Å². The Kier molecular flexibility index (Phi) is 2.05. The van der Waals surface area contributed by atoms with Crippen LogP contribution in [-0.4, -0.2) is 23.9 Å². The van der Waals surface area contributed by atoms with Crippen LogP contribution in [0, 0.1) is 5.92 Å². The molecule has 1 rings (SSSR count). The molecule has 0 aliphatic carbocycles. The van der Waals surface area contributed by atoms with Gasteiger partial charge in [-0.2, -0.15) is 0 Å². The standard InChI is InChI=1S/C6H14N2O/c1-4(7)5-2-6(9)8-3-5/h4-6,8-9H,2-3,7H2,1H3/t4-,5-,6?/m1/s1. The van der Waals surface area contributed by atoms with E-state index < -0.39 is 0 Å². The number of hydrogen-bond donors (Lipinski definition) is 3. The fourth-order valence-electron chi connectivity index (χ4n) is 1.14. The van der Waals surface area contributed by atoms with Gasteiger partial charge in [-0.1, -0.05) is 0 Å². The van der Waals surface area contributed by atoms with Crippen molar-refractivity contribution in [3.05, 3.63) is 0 Å². The third-order valence-electron chi connectivity index (χ3n) is 1.89. The first-order chi connectivity index (χ1) is 4.20. The van der Waals surface area contributed by atoms with Crippen molar-refractivity contribution in [2.75, 3.05) is 6.54 Å². The summed E-state index contributed by atoms with van der Waals surface area (Å²) < 4.78 is 0. The van der Waals surface area contributed by atoms with Gasteiger partial charge in [-0.3, -0.25) is 5.32 Å². The minimum absolute atomic E-state index is 0.203. The molecule has 0 aromatic carbocycles. The zero-order valence-electron chi connectivity index (χ0n) is 5.67. The van der Waals surface area contributed by atoms with E-state index in [1.807, 2.05) is 6.92 Å². The molecular weight excluding hydrogens is 116 g/mol. The van der Waals surface area contributed by atoms with Crippen LogP contribution in [0.5, 0.6) is 0 Å². The molecule has 9 heavy (non-hydrogen) atoms. The molecule has 0 aromatic heterocycles. The summed E-state index contributed by atoms with van der Waals surface area (Å²) in [6.45, 7) is 2.84. The fraction of sp³-hybridized carbons (Fsp3) is 1.00. The number of rotatable bonds is 1. The van der Waals surface area contributed by atoms with Gasteiger partial charge in [0, 0.05) is 12.6 Å². The van der Waals surface area contributed by atoms with E-state index in [-0.39, 0.29) is 12.3 Å². The Morgan fingerprint density at radius 2 is 2.44 bits per heavy atom. The Morgan fingerprint density at radius 1 is 1.78 bits per heavy atom. The first-order valence-electron chi connectivity index (χ1n) is 3.37. The lowest BCUT2D eigenvalue weighted by Crippen LogP contribution is -2.27. The molecule has 0 aromatic rings. The van der Waals surface area contributed by atoms with E-state index in [9.17, 15) is 0 Å². The van der Waals surface area contributed by atoms with Crippen molar-refractivity contribution in [2.45, 2.75) is 25.6 Å². The molecule has 54 valence electrons. The van der Waals surface area contributed by atoms with Crippen LogP contribution in [0.1, 0.15) is 13.3 Å². The lowest BCUT2D eigenvalue weighted by atomic mass is 10.0. The van der Waals surface area contributed by atoms with Crippen molar-refractivity contribution >= 4 is 0 Å². The first kappa shape index (κ1) is 6.99. The van der Waals surface area contributed by atoms with Crippen molar-refractivity contribution in [3.63, 3.8) is 0 Å². The number of nitrogens with one attached hydrogen (secondary N) is 1. The Bertz CT molecular complexity index is 95.1. The van der Waals surface area contributed by atoms with Crippen LogP contribution in [0.4, 0.5) is 0 Å². The van der Waals surface area contributed by atoms with Gasteiger partial charge in [-0.15, -0.1) is 0 Å². The third kappa shape index (κ3) is 1.64. The van der Waals surface area contributed by atoms with Crippen molar-refractivity contribution in [2.24, 2.45) is 11.7 Å². The highest BCUT2D eigenvalue weighted by Crippen LogP contribution is 2.13. The lowest BCUT2D eigenvalue weighted by molar-refractivity contribution is 0.155. The molecular formula is C6H14N2O. The third-order valence-corrected chi connectivity index (χ3v) is 1.89. The summed E-state index contributed by atoms with van der Waals surface area (Å²) in [5.41, 5.74) is 5.61. The Balaban J connectivity index is 2.30. The Hall–Kier alpha value is -0.120. The summed E-state index contributed by atoms with van der Waals surface area (Å²) in [5, 5.41) is 11.9. The number of nitrogens with two attached hydrogens (primary N) is 1. The molecule has 3 nitrogen and oxygen atoms in total. The second-order valence-electron chi connectivity index (χ2n) is 2.78. The summed E-state index contributed by atoms with van der Waals surface area (Å²) in [7, 11) is 0. The zero-order valence-corrected chi connectivity index (χ0v) is 5.67. The van der Waals surface area contributed by atoms with Gasteiger partial charge < -0.3 is 10.8 Å². The van der Waals surface area contributed by atoms with E-state index in [0.29, 0.717) is 5.92 Å². The fourth-order valence-corrected chi connectivity index (χ4v) is 1.14. The van der Waals surface area contributed by atoms with Gasteiger partial charge in [-0.05, 0) is 19.3 Å². The molecule has 0 spiro atoms. The van der Waals surface area contributed by atoms with Gasteiger partial charge in [0.05, 0.1) is 0 Å². The summed E-state index contributed by atoms with van der Waals surface area (Å²) >= 11 is 0. The van der Waals surface area contributed by atoms with Crippen molar-refractivity contribution in [3.8, 4) is 0 Å². The molecule has 1 heterocycles. The number of aliphatic hydroxyl groups is 1. The normalized spacial score (nSPS) is 39.0. The van der Waals surface area contributed by atoms with Gasteiger partial charge in [-0.25, -0.2) is 0 Å². The topological polar surface area (TPSA) is 58.3 Å². The van der Waals surface area contributed by atoms with E-state index >= 15 is 0 Å². The zero-order chi connectivity index (χ0) is 6.85. The second kappa shape index (κ2) is 2.64. The minimum atomic E-state index is -0.319. The van der Waals surface area contributed by atoms with Gasteiger partial charge in [0.1, 0.15) is 6.23 Å². The predicted molar refractivity (Wildman–Crippen MR) is 35.8 cm³/mol. The van der Waals surface area contributed by atoms with Crippen LogP contribution in [0.3, 0.4) is 0 Å². The van der Waals surface area contributed by atoms with Crippen molar-refractivity contribution < 1.29 is 5.11 Å². The van der Waals surface area contributed by atoms with E-state index in [1.54, 1.807) is 0 Å². The smallest absolute Gasteiger partial charge is 0.105 e. The Labute approximate surface area is 55.2 Å². The monoisotopic (exact) mass is 130 g/mol. The maximum absolute atomic E-state index is 8.98. The van der Waals surface area contributed by atoms with E-state index in [2.05, 4.69) is 5.32 Å². The summed E-state index contributed by atoms with van der Waals surface area (Å²) in [5.74, 6) is 0.458.